The van der Waals surface area contributed by atoms with Gasteiger partial charge in [0.1, 0.15) is 0 Å². The molecule has 0 radical (unpaired) electrons. The molecular formula is C17H27BrN2. The molecule has 1 aliphatic heterocycles. The van der Waals surface area contributed by atoms with Crippen LogP contribution in [0, 0.1) is 5.41 Å². The highest BCUT2D eigenvalue weighted by atomic mass is 79.9. The van der Waals surface area contributed by atoms with E-state index in [1.165, 1.54) is 48.1 Å². The van der Waals surface area contributed by atoms with Crippen LogP contribution in [0.1, 0.15) is 45.6 Å². The predicted octanol–water partition coefficient (Wildman–Crippen LogP) is 4.58. The van der Waals surface area contributed by atoms with Gasteiger partial charge in [-0.05, 0) is 48.9 Å². The fraction of sp³-hybridized carbons (Fsp3) is 0.647. The molecule has 1 fully saturated rings. The minimum absolute atomic E-state index is 0.526. The number of nitrogens with zero attached hydrogens (tertiary/aromatic N) is 1. The molecule has 0 spiro atoms. The van der Waals surface area contributed by atoms with Gasteiger partial charge in [0.2, 0.25) is 0 Å². The van der Waals surface area contributed by atoms with Crippen molar-refractivity contribution in [2.24, 2.45) is 5.41 Å². The van der Waals surface area contributed by atoms with Crippen LogP contribution < -0.4 is 10.2 Å². The Morgan fingerprint density at radius 1 is 1.25 bits per heavy atom. The summed E-state index contributed by atoms with van der Waals surface area (Å²) in [5.41, 5.74) is 3.35. The average Bonchev–Trinajstić information content (AvgIpc) is 2.91. The van der Waals surface area contributed by atoms with Crippen molar-refractivity contribution >= 4 is 21.6 Å². The number of rotatable bonds is 6. The zero-order valence-electron chi connectivity index (χ0n) is 13.0. The Morgan fingerprint density at radius 2 is 2.00 bits per heavy atom. The van der Waals surface area contributed by atoms with Gasteiger partial charge in [-0.2, -0.15) is 0 Å². The molecule has 1 saturated heterocycles. The maximum Gasteiger partial charge on any atom is 0.0423 e. The van der Waals surface area contributed by atoms with E-state index >= 15 is 0 Å². The summed E-state index contributed by atoms with van der Waals surface area (Å²) < 4.78 is 1.18. The van der Waals surface area contributed by atoms with Crippen molar-refractivity contribution in [3.8, 4) is 0 Å². The van der Waals surface area contributed by atoms with E-state index in [0.29, 0.717) is 5.41 Å². The summed E-state index contributed by atoms with van der Waals surface area (Å²) in [6, 6.07) is 6.69. The first kappa shape index (κ1) is 15.8. The Labute approximate surface area is 132 Å². The predicted molar refractivity (Wildman–Crippen MR) is 91.4 cm³/mol. The highest BCUT2D eigenvalue weighted by Gasteiger charge is 2.35. The van der Waals surface area contributed by atoms with E-state index in [-0.39, 0.29) is 0 Å². The summed E-state index contributed by atoms with van der Waals surface area (Å²) >= 11 is 3.63. The van der Waals surface area contributed by atoms with Gasteiger partial charge in [0.15, 0.2) is 0 Å². The van der Waals surface area contributed by atoms with Gasteiger partial charge in [-0.25, -0.2) is 0 Å². The normalized spacial score (nSPS) is 17.7. The van der Waals surface area contributed by atoms with Crippen LogP contribution >= 0.6 is 15.9 Å². The third kappa shape index (κ3) is 3.37. The molecule has 0 amide bonds. The highest BCUT2D eigenvalue weighted by Crippen LogP contribution is 2.40. The number of anilines is 1. The minimum Gasteiger partial charge on any atom is -0.371 e. The molecule has 0 aromatic heterocycles. The van der Waals surface area contributed by atoms with Crippen LogP contribution in [-0.4, -0.2) is 19.6 Å². The van der Waals surface area contributed by atoms with Gasteiger partial charge < -0.3 is 10.2 Å². The molecule has 0 unspecified atom stereocenters. The monoisotopic (exact) mass is 338 g/mol. The van der Waals surface area contributed by atoms with Crippen LogP contribution in [0.25, 0.3) is 0 Å². The topological polar surface area (TPSA) is 15.3 Å². The molecule has 0 atom stereocenters. The Morgan fingerprint density at radius 3 is 2.60 bits per heavy atom. The Balaban J connectivity index is 2.21. The van der Waals surface area contributed by atoms with Crippen LogP contribution in [0.5, 0.6) is 0 Å². The fourth-order valence-corrected chi connectivity index (χ4v) is 3.56. The smallest absolute Gasteiger partial charge is 0.0423 e. The van der Waals surface area contributed by atoms with Crippen molar-refractivity contribution in [3.63, 3.8) is 0 Å². The summed E-state index contributed by atoms with van der Waals surface area (Å²) in [6.07, 6.45) is 3.90. The fourth-order valence-electron chi connectivity index (χ4n) is 3.21. The Hall–Kier alpha value is -0.540. The van der Waals surface area contributed by atoms with Gasteiger partial charge >= 0.3 is 0 Å². The van der Waals surface area contributed by atoms with Crippen LogP contribution in [0.3, 0.4) is 0 Å². The molecule has 1 aromatic rings. The highest BCUT2D eigenvalue weighted by molar-refractivity contribution is 9.10. The van der Waals surface area contributed by atoms with E-state index < -0.39 is 0 Å². The lowest BCUT2D eigenvalue weighted by Crippen LogP contribution is -2.27. The standard InChI is InChI=1S/C17H27BrN2/c1-4-17(5-2)9-10-20(13-17)16-11-15(18)8-7-14(16)12-19-6-3/h7-8,11,19H,4-6,9-10,12-13H2,1-3H3. The maximum absolute atomic E-state index is 3.63. The van der Waals surface area contributed by atoms with E-state index in [1.54, 1.807) is 0 Å². The first-order valence-electron chi connectivity index (χ1n) is 7.88. The van der Waals surface area contributed by atoms with Crippen LogP contribution in [0.4, 0.5) is 5.69 Å². The van der Waals surface area contributed by atoms with Crippen LogP contribution in [0.15, 0.2) is 22.7 Å². The second kappa shape index (κ2) is 6.95. The Kier molecular flexibility index (Phi) is 5.50. The number of nitrogens with one attached hydrogen (secondary N) is 1. The molecule has 1 aromatic carbocycles. The lowest BCUT2D eigenvalue weighted by atomic mass is 9.82. The molecule has 0 saturated carbocycles. The molecule has 20 heavy (non-hydrogen) atoms. The maximum atomic E-state index is 3.63. The van der Waals surface area contributed by atoms with E-state index in [2.05, 4.69) is 65.1 Å². The first-order valence-corrected chi connectivity index (χ1v) is 8.67. The van der Waals surface area contributed by atoms with Gasteiger partial charge in [-0.1, -0.05) is 42.8 Å². The van der Waals surface area contributed by atoms with Crippen LogP contribution in [0.2, 0.25) is 0 Å². The van der Waals surface area contributed by atoms with Crippen LogP contribution in [-0.2, 0) is 6.54 Å². The van der Waals surface area contributed by atoms with Crippen molar-refractivity contribution in [2.75, 3.05) is 24.5 Å². The number of benzene rings is 1. The van der Waals surface area contributed by atoms with Gasteiger partial charge in [0.05, 0.1) is 0 Å². The average molecular weight is 339 g/mol. The van der Waals surface area contributed by atoms with Crippen molar-refractivity contribution in [1.29, 1.82) is 0 Å². The lowest BCUT2D eigenvalue weighted by Gasteiger charge is -2.28. The molecule has 3 heteroatoms. The van der Waals surface area contributed by atoms with E-state index in [0.717, 1.165) is 13.1 Å². The largest absolute Gasteiger partial charge is 0.371 e. The Bertz CT molecular complexity index is 441. The molecule has 112 valence electrons. The van der Waals surface area contributed by atoms with E-state index in [4.69, 9.17) is 0 Å². The molecule has 1 aliphatic rings. The molecule has 1 heterocycles. The van der Waals surface area contributed by atoms with Gasteiger partial charge in [0.25, 0.3) is 0 Å². The molecular weight excluding hydrogens is 312 g/mol. The molecule has 0 aliphatic carbocycles. The summed E-state index contributed by atoms with van der Waals surface area (Å²) in [5, 5.41) is 3.45. The van der Waals surface area contributed by atoms with Crippen molar-refractivity contribution < 1.29 is 0 Å². The third-order valence-electron chi connectivity index (χ3n) is 4.89. The quantitative estimate of drug-likeness (QED) is 0.816. The molecule has 2 nitrogen and oxygen atoms in total. The number of hydrogen-bond acceptors (Lipinski definition) is 2. The van der Waals surface area contributed by atoms with Crippen molar-refractivity contribution in [2.45, 2.75) is 46.6 Å². The summed E-state index contributed by atoms with van der Waals surface area (Å²) in [4.78, 5) is 2.59. The zero-order chi connectivity index (χ0) is 14.6. The van der Waals surface area contributed by atoms with Gasteiger partial charge in [-0.15, -0.1) is 0 Å². The van der Waals surface area contributed by atoms with Crippen molar-refractivity contribution in [1.82, 2.24) is 5.32 Å². The summed E-state index contributed by atoms with van der Waals surface area (Å²) in [5.74, 6) is 0. The minimum atomic E-state index is 0.526. The summed E-state index contributed by atoms with van der Waals surface area (Å²) in [7, 11) is 0. The van der Waals surface area contributed by atoms with E-state index in [9.17, 15) is 0 Å². The lowest BCUT2D eigenvalue weighted by molar-refractivity contribution is 0.301. The SMILES string of the molecule is CCNCc1ccc(Br)cc1N1CCC(CC)(CC)C1. The second-order valence-electron chi connectivity index (χ2n) is 5.93. The number of halogens is 1. The zero-order valence-corrected chi connectivity index (χ0v) is 14.6. The first-order chi connectivity index (χ1) is 9.64. The van der Waals surface area contributed by atoms with Gasteiger partial charge in [0, 0.05) is 29.8 Å². The van der Waals surface area contributed by atoms with E-state index in [1.807, 2.05) is 0 Å². The number of hydrogen-bond donors (Lipinski definition) is 1. The summed E-state index contributed by atoms with van der Waals surface area (Å²) in [6.45, 7) is 11.2. The third-order valence-corrected chi connectivity index (χ3v) is 5.39. The molecule has 1 N–H and O–H groups in total. The van der Waals surface area contributed by atoms with Crippen molar-refractivity contribution in [3.05, 3.63) is 28.2 Å². The second-order valence-corrected chi connectivity index (χ2v) is 6.85. The molecule has 2 rings (SSSR count). The molecule has 0 bridgehead atoms. The van der Waals surface area contributed by atoms with Gasteiger partial charge in [-0.3, -0.25) is 0 Å².